The predicted octanol–water partition coefficient (Wildman–Crippen LogP) is 2.01. The monoisotopic (exact) mass is 199 g/mol. The predicted molar refractivity (Wildman–Crippen MR) is 58.3 cm³/mol. The molecule has 1 heterocycles. The molecule has 13 heavy (non-hydrogen) atoms. The van der Waals surface area contributed by atoms with Gasteiger partial charge in [0.15, 0.2) is 5.13 Å². The van der Waals surface area contributed by atoms with Crippen molar-refractivity contribution in [2.75, 3.05) is 18.0 Å². The molecule has 0 fully saturated rings. The zero-order chi connectivity index (χ0) is 9.84. The minimum absolute atomic E-state index is 0.0989. The number of hydrogen-bond acceptors (Lipinski definition) is 4. The van der Waals surface area contributed by atoms with E-state index >= 15 is 0 Å². The highest BCUT2D eigenvalue weighted by atomic mass is 32.1. The summed E-state index contributed by atoms with van der Waals surface area (Å²) in [7, 11) is 0. The molecule has 1 unspecified atom stereocenters. The van der Waals surface area contributed by atoms with Crippen LogP contribution in [0.2, 0.25) is 0 Å². The van der Waals surface area contributed by atoms with Crippen molar-refractivity contribution in [2.45, 2.75) is 26.8 Å². The van der Waals surface area contributed by atoms with Crippen LogP contribution >= 0.6 is 11.3 Å². The standard InChI is InChI=1S/C9H17N3S/c1-4-12(5-2)9-11-6-8(13-9)7(3)10/h6-7H,4-5,10H2,1-3H3. The van der Waals surface area contributed by atoms with Gasteiger partial charge in [-0.05, 0) is 20.8 Å². The summed E-state index contributed by atoms with van der Waals surface area (Å²) < 4.78 is 0. The van der Waals surface area contributed by atoms with Crippen molar-refractivity contribution in [3.8, 4) is 0 Å². The molecule has 0 aromatic carbocycles. The molecule has 1 atom stereocenters. The number of aromatic nitrogens is 1. The SMILES string of the molecule is CCN(CC)c1ncc(C(C)N)s1. The van der Waals surface area contributed by atoms with E-state index in [1.165, 1.54) is 0 Å². The largest absolute Gasteiger partial charge is 0.349 e. The van der Waals surface area contributed by atoms with Gasteiger partial charge in [0.05, 0.1) is 0 Å². The lowest BCUT2D eigenvalue weighted by Gasteiger charge is -2.16. The summed E-state index contributed by atoms with van der Waals surface area (Å²) in [5, 5.41) is 1.08. The van der Waals surface area contributed by atoms with Crippen LogP contribution in [0.4, 0.5) is 5.13 Å². The van der Waals surface area contributed by atoms with Crippen LogP contribution in [0.25, 0.3) is 0 Å². The second-order valence-electron chi connectivity index (χ2n) is 3.01. The van der Waals surface area contributed by atoms with Crippen LogP contribution in [0.5, 0.6) is 0 Å². The molecular formula is C9H17N3S. The molecule has 74 valence electrons. The third-order valence-corrected chi connectivity index (χ3v) is 3.25. The fourth-order valence-electron chi connectivity index (χ4n) is 1.13. The average Bonchev–Trinajstić information content (AvgIpc) is 2.56. The molecule has 1 rings (SSSR count). The second kappa shape index (κ2) is 4.58. The molecule has 1 aromatic heterocycles. The lowest BCUT2D eigenvalue weighted by molar-refractivity contribution is 0.834. The zero-order valence-electron chi connectivity index (χ0n) is 8.45. The van der Waals surface area contributed by atoms with E-state index in [0.29, 0.717) is 0 Å². The maximum atomic E-state index is 5.76. The van der Waals surface area contributed by atoms with E-state index in [0.717, 1.165) is 23.1 Å². The van der Waals surface area contributed by atoms with Crippen LogP contribution in [0.15, 0.2) is 6.20 Å². The average molecular weight is 199 g/mol. The molecule has 0 bridgehead atoms. The quantitative estimate of drug-likeness (QED) is 0.806. The highest BCUT2D eigenvalue weighted by Crippen LogP contribution is 2.25. The van der Waals surface area contributed by atoms with Crippen LogP contribution in [0.1, 0.15) is 31.7 Å². The number of nitrogens with two attached hydrogens (primary N) is 1. The van der Waals surface area contributed by atoms with E-state index in [-0.39, 0.29) is 6.04 Å². The first-order chi connectivity index (χ1) is 6.19. The van der Waals surface area contributed by atoms with Gasteiger partial charge in [-0.1, -0.05) is 0 Å². The molecule has 2 N–H and O–H groups in total. The number of anilines is 1. The Bertz CT molecular complexity index is 253. The first-order valence-electron chi connectivity index (χ1n) is 4.65. The van der Waals surface area contributed by atoms with Gasteiger partial charge in [0.2, 0.25) is 0 Å². The molecule has 3 nitrogen and oxygen atoms in total. The molecule has 0 amide bonds. The Morgan fingerprint density at radius 1 is 1.54 bits per heavy atom. The first-order valence-corrected chi connectivity index (χ1v) is 5.46. The minimum atomic E-state index is 0.0989. The van der Waals surface area contributed by atoms with Gasteiger partial charge in [0.25, 0.3) is 0 Å². The lowest BCUT2D eigenvalue weighted by Crippen LogP contribution is -2.21. The van der Waals surface area contributed by atoms with Crippen molar-refractivity contribution in [3.05, 3.63) is 11.1 Å². The summed E-state index contributed by atoms with van der Waals surface area (Å²) in [6.07, 6.45) is 1.88. The second-order valence-corrected chi connectivity index (χ2v) is 4.05. The van der Waals surface area contributed by atoms with Gasteiger partial charge >= 0.3 is 0 Å². The van der Waals surface area contributed by atoms with Crippen molar-refractivity contribution in [1.82, 2.24) is 4.98 Å². The molecule has 0 saturated carbocycles. The van der Waals surface area contributed by atoms with E-state index < -0.39 is 0 Å². The Hall–Kier alpha value is -0.610. The van der Waals surface area contributed by atoms with Gasteiger partial charge in [-0.3, -0.25) is 0 Å². The molecular weight excluding hydrogens is 182 g/mol. The third-order valence-electron chi connectivity index (χ3n) is 1.99. The maximum Gasteiger partial charge on any atom is 0.185 e. The smallest absolute Gasteiger partial charge is 0.185 e. The lowest BCUT2D eigenvalue weighted by atomic mass is 10.3. The molecule has 0 aliphatic carbocycles. The Kier molecular flexibility index (Phi) is 3.69. The van der Waals surface area contributed by atoms with Gasteiger partial charge in [-0.25, -0.2) is 4.98 Å². The van der Waals surface area contributed by atoms with Crippen molar-refractivity contribution in [3.63, 3.8) is 0 Å². The fraction of sp³-hybridized carbons (Fsp3) is 0.667. The summed E-state index contributed by atoms with van der Waals surface area (Å²) >= 11 is 1.69. The van der Waals surface area contributed by atoms with Crippen LogP contribution in [0, 0.1) is 0 Å². The van der Waals surface area contributed by atoms with Gasteiger partial charge in [0, 0.05) is 30.2 Å². The van der Waals surface area contributed by atoms with Crippen LogP contribution < -0.4 is 10.6 Å². The molecule has 0 aliphatic heterocycles. The van der Waals surface area contributed by atoms with E-state index in [2.05, 4.69) is 23.7 Å². The summed E-state index contributed by atoms with van der Waals surface area (Å²) in [6, 6.07) is 0.0989. The highest BCUT2D eigenvalue weighted by molar-refractivity contribution is 7.15. The third kappa shape index (κ3) is 2.42. The fourth-order valence-corrected chi connectivity index (χ4v) is 2.12. The van der Waals surface area contributed by atoms with Crippen molar-refractivity contribution in [1.29, 1.82) is 0 Å². The van der Waals surface area contributed by atoms with Crippen LogP contribution in [-0.2, 0) is 0 Å². The van der Waals surface area contributed by atoms with E-state index in [9.17, 15) is 0 Å². The molecule has 0 aliphatic rings. The van der Waals surface area contributed by atoms with Crippen molar-refractivity contribution >= 4 is 16.5 Å². The van der Waals surface area contributed by atoms with Gasteiger partial charge in [-0.2, -0.15) is 0 Å². The number of nitrogens with zero attached hydrogens (tertiary/aromatic N) is 2. The Labute approximate surface area is 83.6 Å². The Morgan fingerprint density at radius 3 is 2.54 bits per heavy atom. The zero-order valence-corrected chi connectivity index (χ0v) is 9.27. The van der Waals surface area contributed by atoms with Gasteiger partial charge in [-0.15, -0.1) is 11.3 Å². The van der Waals surface area contributed by atoms with Gasteiger partial charge < -0.3 is 10.6 Å². The van der Waals surface area contributed by atoms with Crippen LogP contribution in [0.3, 0.4) is 0 Å². The number of thiazole rings is 1. The summed E-state index contributed by atoms with van der Waals surface area (Å²) in [6.45, 7) is 8.26. The normalized spacial score (nSPS) is 12.9. The number of hydrogen-bond donors (Lipinski definition) is 1. The van der Waals surface area contributed by atoms with Crippen molar-refractivity contribution in [2.24, 2.45) is 5.73 Å². The first kappa shape index (κ1) is 10.5. The van der Waals surface area contributed by atoms with E-state index in [1.807, 2.05) is 13.1 Å². The van der Waals surface area contributed by atoms with Gasteiger partial charge in [0.1, 0.15) is 0 Å². The summed E-state index contributed by atoms with van der Waals surface area (Å²) in [5.74, 6) is 0. The minimum Gasteiger partial charge on any atom is -0.349 e. The highest BCUT2D eigenvalue weighted by Gasteiger charge is 2.09. The van der Waals surface area contributed by atoms with Crippen molar-refractivity contribution < 1.29 is 0 Å². The molecule has 1 aromatic rings. The topological polar surface area (TPSA) is 42.2 Å². The van der Waals surface area contributed by atoms with E-state index in [4.69, 9.17) is 5.73 Å². The molecule has 4 heteroatoms. The van der Waals surface area contributed by atoms with E-state index in [1.54, 1.807) is 11.3 Å². The summed E-state index contributed by atoms with van der Waals surface area (Å²) in [4.78, 5) is 7.73. The molecule has 0 spiro atoms. The summed E-state index contributed by atoms with van der Waals surface area (Å²) in [5.41, 5.74) is 5.76. The number of rotatable bonds is 4. The maximum absolute atomic E-state index is 5.76. The Balaban J connectivity index is 2.78. The molecule has 0 saturated heterocycles. The molecule has 0 radical (unpaired) electrons. The Morgan fingerprint density at radius 2 is 2.15 bits per heavy atom. The van der Waals surface area contributed by atoms with Crippen LogP contribution in [-0.4, -0.2) is 18.1 Å².